The molecule has 1 aromatic heterocycles. The maximum atomic E-state index is 3.69. The van der Waals surface area contributed by atoms with Crippen molar-refractivity contribution < 1.29 is 5.73 Å². The Morgan fingerprint density at radius 3 is 2.67 bits per heavy atom. The largest absolute Gasteiger partial charge is 0.325 e. The molecule has 0 bridgehead atoms. The van der Waals surface area contributed by atoms with Gasteiger partial charge >= 0.3 is 0 Å². The summed E-state index contributed by atoms with van der Waals surface area (Å²) >= 11 is 1.68. The van der Waals surface area contributed by atoms with Gasteiger partial charge in [-0.3, -0.25) is 0 Å². The van der Waals surface area contributed by atoms with E-state index >= 15 is 0 Å². The van der Waals surface area contributed by atoms with Crippen molar-refractivity contribution in [2.75, 3.05) is 0 Å². The van der Waals surface area contributed by atoms with E-state index < -0.39 is 0 Å². The average molecular weight is 100 g/mol. The monoisotopic (exact) mass is 100 g/mol. The van der Waals surface area contributed by atoms with Crippen molar-refractivity contribution in [3.8, 4) is 0 Å². The molecule has 0 fully saturated rings. The molecule has 1 heterocycles. The number of rotatable bonds is 0. The molecule has 2 heteroatoms. The van der Waals surface area contributed by atoms with Crippen LogP contribution in [0.5, 0.6) is 0 Å². The van der Waals surface area contributed by atoms with Crippen LogP contribution in [0.3, 0.4) is 0 Å². The first-order valence-electron chi connectivity index (χ1n) is 1.74. The molecule has 0 amide bonds. The van der Waals surface area contributed by atoms with Crippen molar-refractivity contribution in [3.63, 3.8) is 0 Å². The van der Waals surface area contributed by atoms with Crippen LogP contribution in [-0.2, 0) is 0 Å². The maximum absolute atomic E-state index is 3.69. The second-order valence-electron chi connectivity index (χ2n) is 1.13. The van der Waals surface area contributed by atoms with Gasteiger partial charge in [0.1, 0.15) is 5.69 Å². The molecule has 0 unspecified atom stereocenters. The topological polar surface area (TPSA) is 27.6 Å². The Morgan fingerprint density at radius 2 is 2.50 bits per heavy atom. The fourth-order valence-corrected chi connectivity index (χ4v) is 0.878. The second kappa shape index (κ2) is 1.41. The highest BCUT2D eigenvalue weighted by Gasteiger charge is 1.80. The van der Waals surface area contributed by atoms with E-state index in [2.05, 4.69) is 5.73 Å². The molecule has 0 saturated heterocycles. The summed E-state index contributed by atoms with van der Waals surface area (Å²) in [7, 11) is 0. The third-order valence-electron chi connectivity index (χ3n) is 0.580. The molecular formula is C4H6NS+. The first-order valence-corrected chi connectivity index (χ1v) is 2.68. The molecule has 0 aliphatic rings. The first-order chi connectivity index (χ1) is 2.89. The van der Waals surface area contributed by atoms with Gasteiger partial charge in [-0.25, -0.2) is 0 Å². The number of quaternary nitrogens is 1. The summed E-state index contributed by atoms with van der Waals surface area (Å²) < 4.78 is 0. The highest BCUT2D eigenvalue weighted by atomic mass is 32.1. The second-order valence-corrected chi connectivity index (χ2v) is 1.91. The minimum Gasteiger partial charge on any atom is -0.325 e. The smallest absolute Gasteiger partial charge is 0.138 e. The minimum atomic E-state index is 1.11. The van der Waals surface area contributed by atoms with Crippen molar-refractivity contribution in [1.29, 1.82) is 0 Å². The van der Waals surface area contributed by atoms with E-state index in [-0.39, 0.29) is 0 Å². The lowest BCUT2D eigenvalue weighted by Crippen LogP contribution is -2.39. The molecule has 3 N–H and O–H groups in total. The minimum absolute atomic E-state index is 1.11. The molecule has 0 aliphatic carbocycles. The Morgan fingerprint density at radius 1 is 1.67 bits per heavy atom. The van der Waals surface area contributed by atoms with Gasteiger partial charge in [-0.05, 0) is 5.38 Å². The summed E-state index contributed by atoms with van der Waals surface area (Å²) in [5.41, 5.74) is 4.80. The van der Waals surface area contributed by atoms with Gasteiger partial charge in [-0.15, -0.1) is 11.3 Å². The summed E-state index contributed by atoms with van der Waals surface area (Å²) in [5.74, 6) is 0. The van der Waals surface area contributed by atoms with Crippen LogP contribution < -0.4 is 5.73 Å². The Labute approximate surface area is 40.4 Å². The van der Waals surface area contributed by atoms with Crippen molar-refractivity contribution in [2.45, 2.75) is 0 Å². The van der Waals surface area contributed by atoms with Gasteiger partial charge in [0.2, 0.25) is 0 Å². The van der Waals surface area contributed by atoms with Crippen LogP contribution in [0.2, 0.25) is 0 Å². The predicted molar refractivity (Wildman–Crippen MR) is 26.9 cm³/mol. The quantitative estimate of drug-likeness (QED) is 0.495. The first kappa shape index (κ1) is 3.84. The van der Waals surface area contributed by atoms with E-state index in [1.807, 2.05) is 16.8 Å². The van der Waals surface area contributed by atoms with Crippen LogP contribution in [-0.4, -0.2) is 0 Å². The Balaban J connectivity index is 3.05. The molecular weight excluding hydrogens is 94.1 g/mol. The van der Waals surface area contributed by atoms with E-state index in [4.69, 9.17) is 0 Å². The zero-order chi connectivity index (χ0) is 4.41. The van der Waals surface area contributed by atoms with Gasteiger partial charge < -0.3 is 5.73 Å². The van der Waals surface area contributed by atoms with Crippen LogP contribution in [0.25, 0.3) is 0 Å². The molecule has 1 aromatic rings. The van der Waals surface area contributed by atoms with E-state index in [1.165, 1.54) is 0 Å². The summed E-state index contributed by atoms with van der Waals surface area (Å²) in [4.78, 5) is 0. The van der Waals surface area contributed by atoms with E-state index in [9.17, 15) is 0 Å². The van der Waals surface area contributed by atoms with E-state index in [1.54, 1.807) is 11.3 Å². The SMILES string of the molecule is [NH3+]c1ccsc1. The molecule has 0 atom stereocenters. The van der Waals surface area contributed by atoms with Crippen molar-refractivity contribution in [2.24, 2.45) is 0 Å². The molecule has 0 aliphatic heterocycles. The van der Waals surface area contributed by atoms with Gasteiger partial charge in [0.05, 0.1) is 5.38 Å². The lowest BCUT2D eigenvalue weighted by Gasteiger charge is -1.61. The molecule has 0 saturated carbocycles. The Bertz CT molecular complexity index is 111. The normalized spacial score (nSPS) is 8.83. The standard InChI is InChI=1S/C4H5NS/c5-4-1-2-6-3-4/h1-3H,5H2/p+1. The molecule has 1 rings (SSSR count). The van der Waals surface area contributed by atoms with Crippen LogP contribution in [0.1, 0.15) is 0 Å². The zero-order valence-electron chi connectivity index (χ0n) is 3.35. The van der Waals surface area contributed by atoms with Crippen LogP contribution >= 0.6 is 11.3 Å². The number of hydrogen-bond acceptors (Lipinski definition) is 1. The van der Waals surface area contributed by atoms with Crippen molar-refractivity contribution >= 4 is 17.0 Å². The molecule has 6 heavy (non-hydrogen) atoms. The van der Waals surface area contributed by atoms with E-state index in [0.29, 0.717) is 0 Å². The molecule has 32 valence electrons. The molecule has 0 aromatic carbocycles. The van der Waals surface area contributed by atoms with Gasteiger partial charge in [-0.2, -0.15) is 0 Å². The molecule has 1 nitrogen and oxygen atoms in total. The lowest BCUT2D eigenvalue weighted by atomic mass is 10.6. The van der Waals surface area contributed by atoms with Gasteiger partial charge in [-0.1, -0.05) is 0 Å². The zero-order valence-corrected chi connectivity index (χ0v) is 4.16. The van der Waals surface area contributed by atoms with Crippen molar-refractivity contribution in [1.82, 2.24) is 0 Å². The molecule has 0 spiro atoms. The van der Waals surface area contributed by atoms with Crippen LogP contribution in [0.4, 0.5) is 5.69 Å². The van der Waals surface area contributed by atoms with Gasteiger partial charge in [0.25, 0.3) is 0 Å². The third-order valence-corrected chi connectivity index (χ3v) is 1.31. The molecule has 0 radical (unpaired) electrons. The Kier molecular flexibility index (Phi) is 0.900. The fourth-order valence-electron chi connectivity index (χ4n) is 0.293. The van der Waals surface area contributed by atoms with Gasteiger partial charge in [0.15, 0.2) is 0 Å². The average Bonchev–Trinajstić information content (AvgIpc) is 1.86. The maximum Gasteiger partial charge on any atom is 0.138 e. The van der Waals surface area contributed by atoms with Crippen LogP contribution in [0, 0.1) is 0 Å². The number of thiophene rings is 1. The summed E-state index contributed by atoms with van der Waals surface area (Å²) in [5, 5.41) is 4.03. The van der Waals surface area contributed by atoms with Gasteiger partial charge in [0, 0.05) is 6.07 Å². The van der Waals surface area contributed by atoms with Crippen LogP contribution in [0.15, 0.2) is 16.8 Å². The lowest BCUT2D eigenvalue weighted by molar-refractivity contribution is -0.254. The highest BCUT2D eigenvalue weighted by Crippen LogP contribution is 2.02. The van der Waals surface area contributed by atoms with Crippen molar-refractivity contribution in [3.05, 3.63) is 16.8 Å². The highest BCUT2D eigenvalue weighted by molar-refractivity contribution is 7.08. The Hall–Kier alpha value is -0.340. The number of hydrogen-bond donors (Lipinski definition) is 1. The summed E-state index contributed by atoms with van der Waals surface area (Å²) in [6, 6.07) is 1.99. The summed E-state index contributed by atoms with van der Waals surface area (Å²) in [6.07, 6.45) is 0. The third kappa shape index (κ3) is 0.584. The predicted octanol–water partition coefficient (Wildman–Crippen LogP) is 0.621. The van der Waals surface area contributed by atoms with E-state index in [0.717, 1.165) is 5.69 Å². The fraction of sp³-hybridized carbons (Fsp3) is 0. The summed E-state index contributed by atoms with van der Waals surface area (Å²) in [6.45, 7) is 0.